The van der Waals surface area contributed by atoms with Crippen molar-refractivity contribution in [2.45, 2.75) is 25.1 Å². The number of alkyl halides is 3. The maximum absolute atomic E-state index is 12.4. The molecule has 1 fully saturated rings. The van der Waals surface area contributed by atoms with Crippen LogP contribution in [0.3, 0.4) is 0 Å². The molecule has 1 unspecified atom stereocenters. The number of aromatic nitrogens is 1. The Morgan fingerprint density at radius 3 is 2.80 bits per heavy atom. The van der Waals surface area contributed by atoms with Crippen LogP contribution in [0.25, 0.3) is 0 Å². The van der Waals surface area contributed by atoms with E-state index in [1.54, 1.807) is 0 Å². The third-order valence-corrected chi connectivity index (χ3v) is 3.21. The van der Waals surface area contributed by atoms with Crippen molar-refractivity contribution < 1.29 is 23.0 Å². The molecule has 0 radical (unpaired) electrons. The number of hydrogen-bond donors (Lipinski definition) is 1. The lowest BCUT2D eigenvalue weighted by molar-refractivity contribution is -0.137. The molecule has 112 valence electrons. The summed E-state index contributed by atoms with van der Waals surface area (Å²) in [4.78, 5) is 5.85. The Morgan fingerprint density at radius 2 is 2.20 bits per heavy atom. The summed E-state index contributed by atoms with van der Waals surface area (Å²) in [5.41, 5.74) is -0.777. The highest BCUT2D eigenvalue weighted by Crippen LogP contribution is 2.29. The molecule has 1 N–H and O–H groups in total. The van der Waals surface area contributed by atoms with E-state index >= 15 is 0 Å². The van der Waals surface area contributed by atoms with Crippen LogP contribution in [-0.4, -0.2) is 47.3 Å². The molecule has 0 amide bonds. The Labute approximate surface area is 115 Å². The van der Waals surface area contributed by atoms with Crippen molar-refractivity contribution in [3.05, 3.63) is 23.9 Å². The highest BCUT2D eigenvalue weighted by Gasteiger charge is 2.31. The van der Waals surface area contributed by atoms with E-state index in [2.05, 4.69) is 9.88 Å². The normalized spacial score (nSPS) is 20.3. The minimum absolute atomic E-state index is 0.0575. The van der Waals surface area contributed by atoms with Crippen molar-refractivity contribution in [3.8, 4) is 5.88 Å². The zero-order valence-electron chi connectivity index (χ0n) is 10.9. The zero-order chi connectivity index (χ0) is 14.6. The van der Waals surface area contributed by atoms with Gasteiger partial charge in [-0.3, -0.25) is 4.90 Å². The second-order valence-electron chi connectivity index (χ2n) is 4.79. The van der Waals surface area contributed by atoms with Crippen molar-refractivity contribution in [2.24, 2.45) is 0 Å². The van der Waals surface area contributed by atoms with E-state index in [0.29, 0.717) is 13.0 Å². The van der Waals surface area contributed by atoms with Crippen LogP contribution in [0.4, 0.5) is 13.2 Å². The molecule has 0 aliphatic carbocycles. The molecule has 4 nitrogen and oxygen atoms in total. The molecule has 2 rings (SSSR count). The molecule has 1 aromatic rings. The fraction of sp³-hybridized carbons (Fsp3) is 0.615. The lowest BCUT2D eigenvalue weighted by Gasteiger charge is -2.16. The van der Waals surface area contributed by atoms with E-state index in [1.165, 1.54) is 6.07 Å². The first kappa shape index (κ1) is 15.1. The lowest BCUT2D eigenvalue weighted by Crippen LogP contribution is -2.26. The smallest absolute Gasteiger partial charge is 0.417 e. The zero-order valence-corrected chi connectivity index (χ0v) is 10.9. The van der Waals surface area contributed by atoms with Crippen LogP contribution in [0.2, 0.25) is 0 Å². The van der Waals surface area contributed by atoms with E-state index in [1.807, 2.05) is 0 Å². The van der Waals surface area contributed by atoms with E-state index in [0.717, 1.165) is 31.8 Å². The molecular formula is C13H17F3N2O2. The molecule has 1 aliphatic rings. The number of aliphatic hydroxyl groups excluding tert-OH is 1. The predicted molar refractivity (Wildman–Crippen MR) is 66.4 cm³/mol. The van der Waals surface area contributed by atoms with Gasteiger partial charge < -0.3 is 9.84 Å². The molecule has 1 aromatic heterocycles. The van der Waals surface area contributed by atoms with Crippen LogP contribution >= 0.6 is 0 Å². The van der Waals surface area contributed by atoms with Gasteiger partial charge in [0.25, 0.3) is 0 Å². The Morgan fingerprint density at radius 1 is 1.40 bits per heavy atom. The van der Waals surface area contributed by atoms with Gasteiger partial charge in [-0.25, -0.2) is 4.98 Å². The molecular weight excluding hydrogens is 273 g/mol. The number of rotatable bonds is 5. The fourth-order valence-electron chi connectivity index (χ4n) is 2.18. The minimum atomic E-state index is -4.38. The summed E-state index contributed by atoms with van der Waals surface area (Å²) in [6.45, 7) is 2.54. The van der Waals surface area contributed by atoms with Gasteiger partial charge in [-0.05, 0) is 18.9 Å². The summed E-state index contributed by atoms with van der Waals surface area (Å²) < 4.78 is 42.7. The fourth-order valence-corrected chi connectivity index (χ4v) is 2.18. The lowest BCUT2D eigenvalue weighted by atomic mass is 10.3. The van der Waals surface area contributed by atoms with Crippen LogP contribution in [0, 0.1) is 0 Å². The number of pyridine rings is 1. The molecule has 0 aromatic carbocycles. The highest BCUT2D eigenvalue weighted by atomic mass is 19.4. The first-order valence-corrected chi connectivity index (χ1v) is 6.52. The molecule has 0 bridgehead atoms. The van der Waals surface area contributed by atoms with Crippen molar-refractivity contribution in [2.75, 3.05) is 26.2 Å². The largest absolute Gasteiger partial charge is 0.473 e. The molecule has 20 heavy (non-hydrogen) atoms. The predicted octanol–water partition coefficient (Wildman–Crippen LogP) is 1.94. The van der Waals surface area contributed by atoms with E-state index in [-0.39, 0.29) is 18.6 Å². The number of likely N-dealkylation sites (tertiary alicyclic amines) is 1. The third-order valence-electron chi connectivity index (χ3n) is 3.21. The van der Waals surface area contributed by atoms with Crippen molar-refractivity contribution in [3.63, 3.8) is 0 Å². The molecule has 7 heteroatoms. The standard InChI is InChI=1S/C13H17F3N2O2/c14-13(15,16)10-2-3-12(17-8-10)20-11-4-6-18(9-11)5-1-7-19/h2-3,8,11,19H,1,4-7,9H2. The maximum Gasteiger partial charge on any atom is 0.417 e. The Bertz CT molecular complexity index is 423. The van der Waals surface area contributed by atoms with Gasteiger partial charge in [0.1, 0.15) is 6.10 Å². The van der Waals surface area contributed by atoms with Gasteiger partial charge in [0.05, 0.1) is 5.56 Å². The molecule has 0 saturated carbocycles. The van der Waals surface area contributed by atoms with Gasteiger partial charge in [0.2, 0.25) is 5.88 Å². The van der Waals surface area contributed by atoms with Gasteiger partial charge in [-0.2, -0.15) is 13.2 Å². The Balaban J connectivity index is 1.85. The van der Waals surface area contributed by atoms with Gasteiger partial charge in [0, 0.05) is 38.5 Å². The van der Waals surface area contributed by atoms with Crippen molar-refractivity contribution >= 4 is 0 Å². The number of aliphatic hydroxyl groups is 1. The molecule has 1 atom stereocenters. The summed E-state index contributed by atoms with van der Waals surface area (Å²) in [7, 11) is 0. The molecule has 1 aliphatic heterocycles. The summed E-state index contributed by atoms with van der Waals surface area (Å²) in [5, 5.41) is 8.76. The van der Waals surface area contributed by atoms with Crippen LogP contribution < -0.4 is 4.74 Å². The first-order chi connectivity index (χ1) is 9.49. The van der Waals surface area contributed by atoms with Gasteiger partial charge in [-0.15, -0.1) is 0 Å². The summed E-state index contributed by atoms with van der Waals surface area (Å²) >= 11 is 0. The molecule has 1 saturated heterocycles. The SMILES string of the molecule is OCCCN1CCC(Oc2ccc(C(F)(F)F)cn2)C1. The van der Waals surface area contributed by atoms with Crippen molar-refractivity contribution in [1.82, 2.24) is 9.88 Å². The van der Waals surface area contributed by atoms with E-state index in [9.17, 15) is 13.2 Å². The second-order valence-corrected chi connectivity index (χ2v) is 4.79. The molecule has 2 heterocycles. The average Bonchev–Trinajstić information content (AvgIpc) is 2.83. The second kappa shape index (κ2) is 6.41. The third kappa shape index (κ3) is 4.08. The number of ether oxygens (including phenoxy) is 1. The Hall–Kier alpha value is -1.34. The van der Waals surface area contributed by atoms with Crippen LogP contribution in [0.1, 0.15) is 18.4 Å². The van der Waals surface area contributed by atoms with Crippen molar-refractivity contribution in [1.29, 1.82) is 0 Å². The van der Waals surface area contributed by atoms with E-state index < -0.39 is 11.7 Å². The van der Waals surface area contributed by atoms with Crippen LogP contribution in [0.15, 0.2) is 18.3 Å². The topological polar surface area (TPSA) is 45.6 Å². The van der Waals surface area contributed by atoms with Gasteiger partial charge in [0.15, 0.2) is 0 Å². The van der Waals surface area contributed by atoms with Gasteiger partial charge >= 0.3 is 6.18 Å². The molecule has 0 spiro atoms. The highest BCUT2D eigenvalue weighted by molar-refractivity contribution is 5.20. The van der Waals surface area contributed by atoms with Gasteiger partial charge in [-0.1, -0.05) is 0 Å². The number of nitrogens with zero attached hydrogens (tertiary/aromatic N) is 2. The minimum Gasteiger partial charge on any atom is -0.473 e. The summed E-state index contributed by atoms with van der Waals surface area (Å²) in [5.74, 6) is 0.215. The van der Waals surface area contributed by atoms with E-state index in [4.69, 9.17) is 9.84 Å². The van der Waals surface area contributed by atoms with Crippen LogP contribution in [0.5, 0.6) is 5.88 Å². The quantitative estimate of drug-likeness (QED) is 0.900. The monoisotopic (exact) mass is 290 g/mol. The summed E-state index contributed by atoms with van der Waals surface area (Å²) in [6, 6.07) is 2.22. The van der Waals surface area contributed by atoms with Crippen LogP contribution in [-0.2, 0) is 6.18 Å². The first-order valence-electron chi connectivity index (χ1n) is 6.52. The number of halogens is 3. The summed E-state index contributed by atoms with van der Waals surface area (Å²) in [6.07, 6.45) is -2.12. The number of hydrogen-bond acceptors (Lipinski definition) is 4. The average molecular weight is 290 g/mol. The maximum atomic E-state index is 12.4. The Kier molecular flexibility index (Phi) is 4.82.